The average Bonchev–Trinajstić information content (AvgIpc) is 3.42. The van der Waals surface area contributed by atoms with E-state index < -0.39 is 0 Å². The lowest BCUT2D eigenvalue weighted by atomic mass is 9.77. The van der Waals surface area contributed by atoms with Crippen molar-refractivity contribution < 1.29 is 9.47 Å². The van der Waals surface area contributed by atoms with Crippen LogP contribution in [0.2, 0.25) is 0 Å². The first kappa shape index (κ1) is 16.4. The van der Waals surface area contributed by atoms with Gasteiger partial charge in [-0.25, -0.2) is 0 Å². The Morgan fingerprint density at radius 2 is 1.93 bits per heavy atom. The van der Waals surface area contributed by atoms with Crippen molar-refractivity contribution in [1.82, 2.24) is 19.8 Å². The molecule has 0 unspecified atom stereocenters. The first-order chi connectivity index (χ1) is 13.2. The highest BCUT2D eigenvalue weighted by Crippen LogP contribution is 2.44. The van der Waals surface area contributed by atoms with Crippen molar-refractivity contribution >= 4 is 11.3 Å². The third-order valence-electron chi connectivity index (χ3n) is 5.72. The molecule has 1 atom stereocenters. The van der Waals surface area contributed by atoms with Gasteiger partial charge in [-0.05, 0) is 48.6 Å². The number of benzene rings is 1. The standard InChI is InChI=1S/C20H23N5O2/c1-24(10-14-6-13-7-18(26-2)19(27-3)8-15(13)14)17-9-16(12-4-5-12)23-25-11-21-22-20(17)25/h7-9,11-12,14H,4-6,10H2,1-3H3/t14-/m1/s1. The molecule has 2 aliphatic rings. The zero-order chi connectivity index (χ0) is 18.5. The molecule has 0 spiro atoms. The van der Waals surface area contributed by atoms with Gasteiger partial charge in [0.15, 0.2) is 11.5 Å². The molecule has 3 aromatic rings. The highest BCUT2D eigenvalue weighted by atomic mass is 16.5. The normalized spacial score (nSPS) is 18.1. The van der Waals surface area contributed by atoms with Gasteiger partial charge >= 0.3 is 0 Å². The lowest BCUT2D eigenvalue weighted by Gasteiger charge is -2.35. The van der Waals surface area contributed by atoms with Gasteiger partial charge in [-0.2, -0.15) is 9.61 Å². The minimum Gasteiger partial charge on any atom is -0.493 e. The maximum Gasteiger partial charge on any atom is 0.200 e. The van der Waals surface area contributed by atoms with E-state index in [2.05, 4.69) is 45.4 Å². The van der Waals surface area contributed by atoms with Gasteiger partial charge in [-0.3, -0.25) is 0 Å². The fraction of sp³-hybridized carbons (Fsp3) is 0.450. The third-order valence-corrected chi connectivity index (χ3v) is 5.72. The second-order valence-electron chi connectivity index (χ2n) is 7.52. The highest BCUT2D eigenvalue weighted by Gasteiger charge is 2.31. The number of hydrogen-bond donors (Lipinski definition) is 0. The van der Waals surface area contributed by atoms with Crippen molar-refractivity contribution in [2.45, 2.75) is 31.1 Å². The van der Waals surface area contributed by atoms with E-state index in [0.29, 0.717) is 11.8 Å². The van der Waals surface area contributed by atoms with E-state index >= 15 is 0 Å². The van der Waals surface area contributed by atoms with Crippen LogP contribution in [0.4, 0.5) is 5.69 Å². The summed E-state index contributed by atoms with van der Waals surface area (Å²) >= 11 is 0. The summed E-state index contributed by atoms with van der Waals surface area (Å²) in [4.78, 5) is 2.28. The Morgan fingerprint density at radius 3 is 2.67 bits per heavy atom. The largest absolute Gasteiger partial charge is 0.493 e. The zero-order valence-electron chi connectivity index (χ0n) is 15.8. The lowest BCUT2D eigenvalue weighted by molar-refractivity contribution is 0.352. The molecule has 140 valence electrons. The van der Waals surface area contributed by atoms with Gasteiger partial charge in [0.1, 0.15) is 6.33 Å². The van der Waals surface area contributed by atoms with Crippen LogP contribution in [0, 0.1) is 0 Å². The summed E-state index contributed by atoms with van der Waals surface area (Å²) in [7, 11) is 5.49. The molecule has 27 heavy (non-hydrogen) atoms. The highest BCUT2D eigenvalue weighted by molar-refractivity contribution is 5.68. The molecule has 0 saturated heterocycles. The third kappa shape index (κ3) is 2.69. The van der Waals surface area contributed by atoms with E-state index in [4.69, 9.17) is 9.47 Å². The van der Waals surface area contributed by atoms with Crippen LogP contribution in [-0.4, -0.2) is 47.6 Å². The summed E-state index contributed by atoms with van der Waals surface area (Å²) in [6.45, 7) is 0.916. The Balaban J connectivity index is 1.42. The van der Waals surface area contributed by atoms with Crippen LogP contribution in [0.25, 0.3) is 5.65 Å². The molecule has 0 N–H and O–H groups in total. The molecular formula is C20H23N5O2. The van der Waals surface area contributed by atoms with Gasteiger partial charge in [-0.15, -0.1) is 10.2 Å². The van der Waals surface area contributed by atoms with Crippen LogP contribution < -0.4 is 14.4 Å². The van der Waals surface area contributed by atoms with Gasteiger partial charge < -0.3 is 14.4 Å². The molecule has 0 bridgehead atoms. The quantitative estimate of drug-likeness (QED) is 0.669. The number of rotatable bonds is 6. The summed E-state index contributed by atoms with van der Waals surface area (Å²) in [5.41, 5.74) is 5.73. The molecule has 1 aromatic carbocycles. The van der Waals surface area contributed by atoms with E-state index in [9.17, 15) is 0 Å². The summed E-state index contributed by atoms with van der Waals surface area (Å²) in [5.74, 6) is 2.65. The molecule has 2 heterocycles. The Kier molecular flexibility index (Phi) is 3.70. The van der Waals surface area contributed by atoms with Crippen molar-refractivity contribution in [2.75, 3.05) is 32.7 Å². The van der Waals surface area contributed by atoms with Gasteiger partial charge in [0.2, 0.25) is 5.65 Å². The predicted molar refractivity (Wildman–Crippen MR) is 102 cm³/mol. The van der Waals surface area contributed by atoms with Crippen LogP contribution in [0.15, 0.2) is 24.5 Å². The molecule has 7 nitrogen and oxygen atoms in total. The summed E-state index contributed by atoms with van der Waals surface area (Å²) in [6, 6.07) is 6.40. The van der Waals surface area contributed by atoms with E-state index in [1.165, 1.54) is 24.0 Å². The Hall–Kier alpha value is -2.83. The molecule has 0 aliphatic heterocycles. The van der Waals surface area contributed by atoms with Crippen LogP contribution >= 0.6 is 0 Å². The number of ether oxygens (including phenoxy) is 2. The summed E-state index contributed by atoms with van der Waals surface area (Å²) in [6.07, 6.45) is 5.18. The number of aromatic nitrogens is 4. The molecule has 0 amide bonds. The maximum atomic E-state index is 5.47. The zero-order valence-corrected chi connectivity index (χ0v) is 15.8. The molecule has 1 fully saturated rings. The number of likely N-dealkylation sites (N-methyl/N-ethyl adjacent to an activating group) is 1. The Bertz CT molecular complexity index is 1010. The van der Waals surface area contributed by atoms with Crippen molar-refractivity contribution in [3.8, 4) is 11.5 Å². The van der Waals surface area contributed by atoms with E-state index in [-0.39, 0.29) is 0 Å². The fourth-order valence-corrected chi connectivity index (χ4v) is 4.02. The van der Waals surface area contributed by atoms with Gasteiger partial charge in [0, 0.05) is 25.4 Å². The average molecular weight is 365 g/mol. The van der Waals surface area contributed by atoms with Gasteiger partial charge in [0.25, 0.3) is 0 Å². The number of hydrogen-bond acceptors (Lipinski definition) is 6. The second-order valence-corrected chi connectivity index (χ2v) is 7.52. The lowest BCUT2D eigenvalue weighted by Crippen LogP contribution is -2.31. The van der Waals surface area contributed by atoms with E-state index in [1.54, 1.807) is 20.5 Å². The number of fused-ring (bicyclic) bond motifs is 2. The number of nitrogens with zero attached hydrogens (tertiary/aromatic N) is 5. The maximum absolute atomic E-state index is 5.47. The molecule has 0 radical (unpaired) electrons. The predicted octanol–water partition coefficient (Wildman–Crippen LogP) is 2.80. The number of anilines is 1. The summed E-state index contributed by atoms with van der Waals surface area (Å²) in [5, 5.41) is 13.0. The van der Waals surface area contributed by atoms with E-state index in [1.807, 2.05) is 4.52 Å². The first-order valence-electron chi connectivity index (χ1n) is 9.34. The van der Waals surface area contributed by atoms with Crippen molar-refractivity contribution in [2.24, 2.45) is 0 Å². The summed E-state index contributed by atoms with van der Waals surface area (Å²) < 4.78 is 12.7. The Morgan fingerprint density at radius 1 is 1.15 bits per heavy atom. The molecule has 1 saturated carbocycles. The first-order valence-corrected chi connectivity index (χ1v) is 9.34. The monoisotopic (exact) mass is 365 g/mol. The van der Waals surface area contributed by atoms with Gasteiger partial charge in [-0.1, -0.05) is 0 Å². The van der Waals surface area contributed by atoms with Crippen LogP contribution in [0.3, 0.4) is 0 Å². The number of methoxy groups -OCH3 is 2. The molecule has 7 heteroatoms. The fourth-order valence-electron chi connectivity index (χ4n) is 4.02. The second kappa shape index (κ2) is 6.11. The minimum atomic E-state index is 0.463. The minimum absolute atomic E-state index is 0.463. The SMILES string of the molecule is COc1cc2c(cc1OC)[C@@H](CN(C)c1cc(C3CC3)nn3cnnc13)C2. The molecule has 2 aliphatic carbocycles. The topological polar surface area (TPSA) is 64.8 Å². The molecule has 5 rings (SSSR count). The molecular weight excluding hydrogens is 342 g/mol. The van der Waals surface area contributed by atoms with Crippen LogP contribution in [0.5, 0.6) is 11.5 Å². The Labute approximate surface area is 157 Å². The van der Waals surface area contributed by atoms with Crippen LogP contribution in [-0.2, 0) is 6.42 Å². The van der Waals surface area contributed by atoms with Gasteiger partial charge in [0.05, 0.1) is 25.6 Å². The molecule has 2 aromatic heterocycles. The van der Waals surface area contributed by atoms with E-state index in [0.717, 1.165) is 41.5 Å². The smallest absolute Gasteiger partial charge is 0.200 e. The van der Waals surface area contributed by atoms with Crippen LogP contribution in [0.1, 0.15) is 41.5 Å². The van der Waals surface area contributed by atoms with Crippen molar-refractivity contribution in [3.05, 3.63) is 41.3 Å². The van der Waals surface area contributed by atoms with Crippen molar-refractivity contribution in [3.63, 3.8) is 0 Å². The van der Waals surface area contributed by atoms with Crippen molar-refractivity contribution in [1.29, 1.82) is 0 Å².